The fraction of sp³-hybridized carbons (Fsp3) is 0.167. The van der Waals surface area contributed by atoms with E-state index in [-0.39, 0.29) is 5.91 Å². The van der Waals surface area contributed by atoms with E-state index < -0.39 is 5.97 Å². The van der Waals surface area contributed by atoms with Crippen LogP contribution in [0, 0.1) is 0 Å². The molecule has 17 heavy (non-hydrogen) atoms. The summed E-state index contributed by atoms with van der Waals surface area (Å²) >= 11 is 0. The minimum atomic E-state index is -1.05. The number of anilines is 1. The lowest BCUT2D eigenvalue weighted by molar-refractivity contribution is -0.131. The Hall–Kier alpha value is -2.30. The molecule has 0 aliphatic rings. The topological polar surface area (TPSA) is 75.6 Å². The van der Waals surface area contributed by atoms with Crippen LogP contribution in [-0.2, 0) is 9.59 Å². The number of aliphatic carboxylic acids is 1. The number of methoxy groups -OCH3 is 1. The highest BCUT2D eigenvalue weighted by atomic mass is 16.5. The van der Waals surface area contributed by atoms with Crippen molar-refractivity contribution in [1.29, 1.82) is 0 Å². The van der Waals surface area contributed by atoms with E-state index >= 15 is 0 Å². The van der Waals surface area contributed by atoms with Gasteiger partial charge in [-0.15, -0.1) is 0 Å². The lowest BCUT2D eigenvalue weighted by Crippen LogP contribution is -2.07. The van der Waals surface area contributed by atoms with E-state index in [9.17, 15) is 9.59 Å². The zero-order valence-corrected chi connectivity index (χ0v) is 9.56. The van der Waals surface area contributed by atoms with Gasteiger partial charge in [-0.2, -0.15) is 0 Å². The maximum atomic E-state index is 11.0. The van der Waals surface area contributed by atoms with Gasteiger partial charge in [0.25, 0.3) is 0 Å². The van der Waals surface area contributed by atoms with E-state index in [1.165, 1.54) is 20.1 Å². The Morgan fingerprint density at radius 1 is 1.41 bits per heavy atom. The molecule has 0 saturated heterocycles. The van der Waals surface area contributed by atoms with E-state index in [4.69, 9.17) is 9.84 Å². The average molecular weight is 235 g/mol. The molecule has 0 heterocycles. The number of carbonyl (C=O) groups is 2. The highest BCUT2D eigenvalue weighted by Crippen LogP contribution is 2.23. The molecule has 1 amide bonds. The van der Waals surface area contributed by atoms with Crippen LogP contribution in [0.25, 0.3) is 6.08 Å². The van der Waals surface area contributed by atoms with Gasteiger partial charge in [0, 0.05) is 19.1 Å². The normalized spacial score (nSPS) is 10.2. The summed E-state index contributed by atoms with van der Waals surface area (Å²) < 4.78 is 5.03. The molecule has 0 fully saturated rings. The predicted octanol–water partition coefficient (Wildman–Crippen LogP) is 1.75. The Kier molecular flexibility index (Phi) is 4.28. The van der Waals surface area contributed by atoms with Crippen molar-refractivity contribution in [2.45, 2.75) is 6.92 Å². The second-order valence-corrected chi connectivity index (χ2v) is 3.31. The minimum Gasteiger partial charge on any atom is -0.497 e. The number of amides is 1. The van der Waals surface area contributed by atoms with Crippen LogP contribution in [0.4, 0.5) is 5.69 Å². The number of hydrogen-bond acceptors (Lipinski definition) is 3. The summed E-state index contributed by atoms with van der Waals surface area (Å²) in [4.78, 5) is 21.4. The van der Waals surface area contributed by atoms with Crippen molar-refractivity contribution in [2.24, 2.45) is 0 Å². The van der Waals surface area contributed by atoms with Crippen LogP contribution in [-0.4, -0.2) is 24.1 Å². The van der Waals surface area contributed by atoms with Crippen LogP contribution >= 0.6 is 0 Å². The molecule has 2 N–H and O–H groups in total. The average Bonchev–Trinajstić information content (AvgIpc) is 2.26. The van der Waals surface area contributed by atoms with Crippen LogP contribution in [0.2, 0.25) is 0 Å². The monoisotopic (exact) mass is 235 g/mol. The standard InChI is InChI=1S/C12H13NO4/c1-8(14)13-11-7-10(17-2)5-3-9(11)4-6-12(15)16/h3-7H,1-2H3,(H,13,14)(H,15,16)/b6-4+. The molecule has 0 unspecified atom stereocenters. The molecule has 0 saturated carbocycles. The number of carbonyl (C=O) groups excluding carboxylic acids is 1. The largest absolute Gasteiger partial charge is 0.497 e. The fourth-order valence-corrected chi connectivity index (χ4v) is 1.27. The maximum absolute atomic E-state index is 11.0. The molecule has 5 heteroatoms. The van der Waals surface area contributed by atoms with Gasteiger partial charge in [0.1, 0.15) is 5.75 Å². The molecule has 0 aliphatic heterocycles. The van der Waals surface area contributed by atoms with Gasteiger partial charge in [-0.3, -0.25) is 4.79 Å². The zero-order valence-electron chi connectivity index (χ0n) is 9.56. The molecule has 1 aromatic carbocycles. The summed E-state index contributed by atoms with van der Waals surface area (Å²) in [5.41, 5.74) is 1.11. The van der Waals surface area contributed by atoms with Crippen molar-refractivity contribution >= 4 is 23.6 Å². The third-order valence-electron chi connectivity index (χ3n) is 1.98. The van der Waals surface area contributed by atoms with Gasteiger partial charge >= 0.3 is 5.97 Å². The molecule has 0 radical (unpaired) electrons. The lowest BCUT2D eigenvalue weighted by Gasteiger charge is -2.08. The Labute approximate surface area is 98.7 Å². The quantitative estimate of drug-likeness (QED) is 0.779. The van der Waals surface area contributed by atoms with Crippen LogP contribution in [0.3, 0.4) is 0 Å². The van der Waals surface area contributed by atoms with Gasteiger partial charge in [0.2, 0.25) is 5.91 Å². The second-order valence-electron chi connectivity index (χ2n) is 3.31. The molecular formula is C12H13NO4. The molecule has 90 valence electrons. The van der Waals surface area contributed by atoms with E-state index in [1.54, 1.807) is 18.2 Å². The van der Waals surface area contributed by atoms with Crippen molar-refractivity contribution in [1.82, 2.24) is 0 Å². The van der Waals surface area contributed by atoms with Gasteiger partial charge in [0.05, 0.1) is 12.8 Å². The minimum absolute atomic E-state index is 0.233. The molecule has 0 aromatic heterocycles. The Balaban J connectivity index is 3.09. The number of nitrogens with one attached hydrogen (secondary N) is 1. The molecule has 5 nitrogen and oxygen atoms in total. The number of hydrogen-bond donors (Lipinski definition) is 2. The van der Waals surface area contributed by atoms with Crippen molar-refractivity contribution in [3.63, 3.8) is 0 Å². The highest BCUT2D eigenvalue weighted by Gasteiger charge is 2.04. The van der Waals surface area contributed by atoms with Gasteiger partial charge in [-0.25, -0.2) is 4.79 Å². The third kappa shape index (κ3) is 3.98. The van der Waals surface area contributed by atoms with Crippen LogP contribution in [0.1, 0.15) is 12.5 Å². The van der Waals surface area contributed by atoms with Gasteiger partial charge in [-0.05, 0) is 23.8 Å². The number of ether oxygens (including phenoxy) is 1. The molecule has 0 spiro atoms. The van der Waals surface area contributed by atoms with Crippen molar-refractivity contribution in [2.75, 3.05) is 12.4 Å². The van der Waals surface area contributed by atoms with E-state index in [0.29, 0.717) is 17.0 Å². The number of rotatable bonds is 4. The first-order chi connectivity index (χ1) is 8.02. The third-order valence-corrected chi connectivity index (χ3v) is 1.98. The van der Waals surface area contributed by atoms with E-state index in [0.717, 1.165) is 6.08 Å². The van der Waals surface area contributed by atoms with E-state index in [2.05, 4.69) is 5.32 Å². The van der Waals surface area contributed by atoms with Gasteiger partial charge < -0.3 is 15.2 Å². The molecule has 0 bridgehead atoms. The summed E-state index contributed by atoms with van der Waals surface area (Å²) in [5.74, 6) is -0.695. The Morgan fingerprint density at radius 2 is 2.12 bits per heavy atom. The summed E-state index contributed by atoms with van der Waals surface area (Å²) in [6.07, 6.45) is 2.42. The van der Waals surface area contributed by atoms with Gasteiger partial charge in [0.15, 0.2) is 0 Å². The summed E-state index contributed by atoms with van der Waals surface area (Å²) in [6, 6.07) is 4.99. The van der Waals surface area contributed by atoms with Crippen molar-refractivity contribution < 1.29 is 19.4 Å². The molecule has 0 atom stereocenters. The SMILES string of the molecule is COc1ccc(/C=C/C(=O)O)c(NC(C)=O)c1. The number of carboxylic acid groups (broad SMARTS) is 1. The Morgan fingerprint density at radius 3 is 2.65 bits per heavy atom. The molecule has 1 rings (SSSR count). The first kappa shape index (κ1) is 12.8. The predicted molar refractivity (Wildman–Crippen MR) is 64.0 cm³/mol. The number of benzene rings is 1. The number of carboxylic acids is 1. The first-order valence-electron chi connectivity index (χ1n) is 4.89. The zero-order chi connectivity index (χ0) is 12.8. The highest BCUT2D eigenvalue weighted by molar-refractivity contribution is 5.93. The lowest BCUT2D eigenvalue weighted by atomic mass is 10.1. The van der Waals surface area contributed by atoms with Crippen molar-refractivity contribution in [3.8, 4) is 5.75 Å². The van der Waals surface area contributed by atoms with Crippen LogP contribution in [0.5, 0.6) is 5.75 Å². The van der Waals surface area contributed by atoms with Crippen LogP contribution in [0.15, 0.2) is 24.3 Å². The first-order valence-corrected chi connectivity index (χ1v) is 4.89. The van der Waals surface area contributed by atoms with E-state index in [1.807, 2.05) is 0 Å². The summed E-state index contributed by atoms with van der Waals surface area (Å²) in [5, 5.41) is 11.2. The molecule has 1 aromatic rings. The molecule has 0 aliphatic carbocycles. The summed E-state index contributed by atoms with van der Waals surface area (Å²) in [6.45, 7) is 1.38. The molecular weight excluding hydrogens is 222 g/mol. The second kappa shape index (κ2) is 5.69. The van der Waals surface area contributed by atoms with Crippen molar-refractivity contribution in [3.05, 3.63) is 29.8 Å². The smallest absolute Gasteiger partial charge is 0.328 e. The van der Waals surface area contributed by atoms with Crippen LogP contribution < -0.4 is 10.1 Å². The summed E-state index contributed by atoms with van der Waals surface area (Å²) in [7, 11) is 1.51. The Bertz CT molecular complexity index is 466. The van der Waals surface area contributed by atoms with Gasteiger partial charge in [-0.1, -0.05) is 0 Å². The maximum Gasteiger partial charge on any atom is 0.328 e. The fourth-order valence-electron chi connectivity index (χ4n) is 1.27.